The summed E-state index contributed by atoms with van der Waals surface area (Å²) in [6.07, 6.45) is 0. The van der Waals surface area contributed by atoms with Gasteiger partial charge in [0.2, 0.25) is 0 Å². The lowest BCUT2D eigenvalue weighted by atomic mass is 10.3. The van der Waals surface area contributed by atoms with Gasteiger partial charge >= 0.3 is 5.97 Å². The lowest BCUT2D eigenvalue weighted by Crippen LogP contribution is -1.94. The predicted octanol–water partition coefficient (Wildman–Crippen LogP) is 2.90. The number of thioether (sulfide) groups is 1. The molecule has 0 aliphatic carbocycles. The van der Waals surface area contributed by atoms with Gasteiger partial charge in [-0.1, -0.05) is 22.8 Å². The van der Waals surface area contributed by atoms with Crippen LogP contribution in [0.2, 0.25) is 5.02 Å². The summed E-state index contributed by atoms with van der Waals surface area (Å²) in [5, 5.41) is 12.7. The summed E-state index contributed by atoms with van der Waals surface area (Å²) in [5.41, 5.74) is 6.25. The van der Waals surface area contributed by atoms with Gasteiger partial charge in [0.1, 0.15) is 5.76 Å². The Morgan fingerprint density at radius 1 is 1.56 bits per heavy atom. The fourth-order valence-corrected chi connectivity index (χ4v) is 2.51. The minimum absolute atomic E-state index is 0.113. The second-order valence-electron chi connectivity index (χ2n) is 3.43. The van der Waals surface area contributed by atoms with Gasteiger partial charge in [-0.05, 0) is 12.1 Å². The summed E-state index contributed by atoms with van der Waals surface area (Å²) >= 11 is 7.38. The van der Waals surface area contributed by atoms with E-state index in [4.69, 9.17) is 27.0 Å². The third kappa shape index (κ3) is 2.77. The molecule has 1 heterocycles. The molecule has 1 aromatic heterocycles. The van der Waals surface area contributed by atoms with Gasteiger partial charge in [-0.25, -0.2) is 4.79 Å². The van der Waals surface area contributed by atoms with E-state index in [2.05, 4.69) is 5.16 Å². The summed E-state index contributed by atoms with van der Waals surface area (Å²) < 4.78 is 4.89. The molecule has 0 radical (unpaired) electrons. The SMILES string of the molecule is Nc1cccc(Cl)c1SCc1cc(C(=O)O)no1. The molecule has 5 nitrogen and oxygen atoms in total. The van der Waals surface area contributed by atoms with E-state index in [-0.39, 0.29) is 5.69 Å². The van der Waals surface area contributed by atoms with E-state index in [9.17, 15) is 4.79 Å². The van der Waals surface area contributed by atoms with E-state index in [1.54, 1.807) is 18.2 Å². The molecule has 3 N–H and O–H groups in total. The summed E-state index contributed by atoms with van der Waals surface area (Å²) in [4.78, 5) is 11.4. The Morgan fingerprint density at radius 3 is 2.94 bits per heavy atom. The van der Waals surface area contributed by atoms with Gasteiger partial charge in [0.25, 0.3) is 0 Å². The molecule has 2 rings (SSSR count). The van der Waals surface area contributed by atoms with E-state index >= 15 is 0 Å². The third-order valence-corrected chi connectivity index (χ3v) is 3.73. The van der Waals surface area contributed by atoms with Crippen LogP contribution in [0, 0.1) is 0 Å². The Labute approximate surface area is 112 Å². The highest BCUT2D eigenvalue weighted by atomic mass is 35.5. The molecule has 2 aromatic rings. The zero-order chi connectivity index (χ0) is 13.1. The predicted molar refractivity (Wildman–Crippen MR) is 68.9 cm³/mol. The molecule has 94 valence electrons. The maximum Gasteiger partial charge on any atom is 0.358 e. The second kappa shape index (κ2) is 5.32. The number of rotatable bonds is 4. The van der Waals surface area contributed by atoms with Gasteiger partial charge in [0, 0.05) is 16.6 Å². The van der Waals surface area contributed by atoms with Gasteiger partial charge < -0.3 is 15.4 Å². The molecule has 0 aliphatic heterocycles. The van der Waals surface area contributed by atoms with Gasteiger partial charge in [0.05, 0.1) is 10.8 Å². The normalized spacial score (nSPS) is 10.5. The minimum atomic E-state index is -1.12. The molecule has 0 saturated carbocycles. The van der Waals surface area contributed by atoms with Crippen molar-refractivity contribution < 1.29 is 14.4 Å². The monoisotopic (exact) mass is 284 g/mol. The number of hydrogen-bond acceptors (Lipinski definition) is 5. The van der Waals surface area contributed by atoms with Crippen LogP contribution in [0.25, 0.3) is 0 Å². The Bertz CT molecular complexity index is 565. The van der Waals surface area contributed by atoms with Crippen LogP contribution in [-0.4, -0.2) is 16.2 Å². The second-order valence-corrected chi connectivity index (χ2v) is 4.82. The van der Waals surface area contributed by atoms with Crippen LogP contribution >= 0.6 is 23.4 Å². The summed E-state index contributed by atoms with van der Waals surface area (Å²) in [6.45, 7) is 0. The standard InChI is InChI=1S/C11H9ClN2O3S/c12-7-2-1-3-8(13)10(7)18-5-6-4-9(11(15)16)14-17-6/h1-4H,5,13H2,(H,15,16). The number of nitrogens with two attached hydrogens (primary N) is 1. The zero-order valence-corrected chi connectivity index (χ0v) is 10.7. The number of carboxylic acid groups (broad SMARTS) is 1. The number of nitrogen functional groups attached to an aromatic ring is 1. The number of aromatic nitrogens is 1. The number of hydrogen-bond donors (Lipinski definition) is 2. The number of aromatic carboxylic acids is 1. The third-order valence-electron chi connectivity index (χ3n) is 2.13. The van der Waals surface area contributed by atoms with Crippen molar-refractivity contribution in [2.24, 2.45) is 0 Å². The molecule has 0 bridgehead atoms. The molecule has 1 aromatic carbocycles. The van der Waals surface area contributed by atoms with E-state index in [1.165, 1.54) is 17.8 Å². The lowest BCUT2D eigenvalue weighted by Gasteiger charge is -2.05. The average molecular weight is 285 g/mol. The van der Waals surface area contributed by atoms with Crippen molar-refractivity contribution in [2.45, 2.75) is 10.6 Å². The number of benzene rings is 1. The molecule has 0 spiro atoms. The molecule has 0 atom stereocenters. The van der Waals surface area contributed by atoms with Crippen molar-refractivity contribution in [1.29, 1.82) is 0 Å². The molecule has 0 amide bonds. The van der Waals surface area contributed by atoms with Crippen LogP contribution in [0.5, 0.6) is 0 Å². The van der Waals surface area contributed by atoms with Crippen LogP contribution in [0.3, 0.4) is 0 Å². The molecule has 18 heavy (non-hydrogen) atoms. The Hall–Kier alpha value is -1.66. The molecular formula is C11H9ClN2O3S. The van der Waals surface area contributed by atoms with E-state index < -0.39 is 5.97 Å². The number of anilines is 1. The van der Waals surface area contributed by atoms with Crippen molar-refractivity contribution in [3.63, 3.8) is 0 Å². The highest BCUT2D eigenvalue weighted by Crippen LogP contribution is 2.34. The summed E-state index contributed by atoms with van der Waals surface area (Å²) in [7, 11) is 0. The maximum absolute atomic E-state index is 10.6. The van der Waals surface area contributed by atoms with Crippen molar-refractivity contribution in [2.75, 3.05) is 5.73 Å². The van der Waals surface area contributed by atoms with Crippen molar-refractivity contribution in [1.82, 2.24) is 5.16 Å². The zero-order valence-electron chi connectivity index (χ0n) is 9.09. The van der Waals surface area contributed by atoms with Crippen molar-refractivity contribution in [3.05, 3.63) is 40.7 Å². The largest absolute Gasteiger partial charge is 0.476 e. The van der Waals surface area contributed by atoms with E-state index in [0.29, 0.717) is 22.2 Å². The number of carboxylic acids is 1. The first-order valence-corrected chi connectivity index (χ1v) is 6.30. The number of halogens is 1. The first-order chi connectivity index (χ1) is 8.58. The van der Waals surface area contributed by atoms with Gasteiger partial charge in [0.15, 0.2) is 5.69 Å². The van der Waals surface area contributed by atoms with E-state index in [0.717, 1.165) is 4.90 Å². The molecule has 0 saturated heterocycles. The number of nitrogens with zero attached hydrogens (tertiary/aromatic N) is 1. The smallest absolute Gasteiger partial charge is 0.358 e. The fraction of sp³-hybridized carbons (Fsp3) is 0.0909. The van der Waals surface area contributed by atoms with Gasteiger partial charge in [-0.3, -0.25) is 0 Å². The fourth-order valence-electron chi connectivity index (χ4n) is 1.30. The Balaban J connectivity index is 2.09. The highest BCUT2D eigenvalue weighted by Gasteiger charge is 2.12. The molecule has 0 unspecified atom stereocenters. The molecular weight excluding hydrogens is 276 g/mol. The quantitative estimate of drug-likeness (QED) is 0.663. The van der Waals surface area contributed by atoms with Crippen LogP contribution in [0.15, 0.2) is 33.7 Å². The first kappa shape index (κ1) is 12.8. The first-order valence-electron chi connectivity index (χ1n) is 4.93. The van der Waals surface area contributed by atoms with Crippen LogP contribution in [0.1, 0.15) is 16.2 Å². The van der Waals surface area contributed by atoms with Gasteiger partial charge in [-0.2, -0.15) is 0 Å². The number of carbonyl (C=O) groups is 1. The summed E-state index contributed by atoms with van der Waals surface area (Å²) in [5.74, 6) is -0.252. The lowest BCUT2D eigenvalue weighted by molar-refractivity contribution is 0.0685. The van der Waals surface area contributed by atoms with Crippen LogP contribution < -0.4 is 5.73 Å². The van der Waals surface area contributed by atoms with Gasteiger partial charge in [-0.15, -0.1) is 11.8 Å². The highest BCUT2D eigenvalue weighted by molar-refractivity contribution is 7.98. The van der Waals surface area contributed by atoms with Crippen LogP contribution in [0.4, 0.5) is 5.69 Å². The summed E-state index contributed by atoms with van der Waals surface area (Å²) in [6, 6.07) is 6.63. The molecule has 7 heteroatoms. The Kier molecular flexibility index (Phi) is 3.78. The molecule has 0 aliphatic rings. The van der Waals surface area contributed by atoms with Crippen LogP contribution in [-0.2, 0) is 5.75 Å². The Morgan fingerprint density at radius 2 is 2.33 bits per heavy atom. The maximum atomic E-state index is 10.6. The average Bonchev–Trinajstić information content (AvgIpc) is 2.77. The van der Waals surface area contributed by atoms with Crippen molar-refractivity contribution >= 4 is 35.0 Å². The van der Waals surface area contributed by atoms with E-state index in [1.807, 2.05) is 0 Å². The molecule has 0 fully saturated rings. The van der Waals surface area contributed by atoms with Crippen molar-refractivity contribution in [3.8, 4) is 0 Å². The topological polar surface area (TPSA) is 89.4 Å². The minimum Gasteiger partial charge on any atom is -0.476 e.